The van der Waals surface area contributed by atoms with Gasteiger partial charge in [-0.05, 0) is 0 Å². The van der Waals surface area contributed by atoms with Crippen molar-refractivity contribution in [1.29, 1.82) is 0 Å². The lowest BCUT2D eigenvalue weighted by molar-refractivity contribution is -0.127. The highest BCUT2D eigenvalue weighted by Gasteiger charge is 1.65. The molecule has 0 N–H and O–H groups in total. The summed E-state index contributed by atoms with van der Waals surface area (Å²) in [7, 11) is 0. The lowest BCUT2D eigenvalue weighted by Gasteiger charge is -1.82. The average molecular weight is 88.1 g/mol. The molecule has 0 aromatic heterocycles. The normalized spacial score (nSPS) is 6.67. The van der Waals surface area contributed by atoms with Crippen LogP contribution in [-0.2, 0) is 9.53 Å². The first-order valence-electron chi connectivity index (χ1n) is 1.58. The molecule has 0 heterocycles. The molecule has 0 fully saturated rings. The van der Waals surface area contributed by atoms with Crippen LogP contribution in [0.4, 0.5) is 0 Å². The van der Waals surface area contributed by atoms with E-state index in [1.54, 1.807) is 0 Å². The summed E-state index contributed by atoms with van der Waals surface area (Å²) in [4.78, 5) is 9.29. The van der Waals surface area contributed by atoms with E-state index in [1.807, 2.05) is 0 Å². The van der Waals surface area contributed by atoms with Gasteiger partial charge in [0.15, 0.2) is 0 Å². The van der Waals surface area contributed by atoms with Crippen LogP contribution in [-0.4, -0.2) is 13.1 Å². The molecule has 0 amide bonds. The van der Waals surface area contributed by atoms with Crippen LogP contribution in [0.25, 0.3) is 0 Å². The van der Waals surface area contributed by atoms with Gasteiger partial charge in [0, 0.05) is 0 Å². The average Bonchev–Trinajstić information content (AvgIpc) is 1.61. The Bertz CT molecular complexity index is 41.5. The molecule has 34 valence electrons. The van der Waals surface area contributed by atoms with Crippen LogP contribution in [0, 0.1) is 0 Å². The number of hydrogen-bond donors (Lipinski definition) is 0. The fraction of sp³-hybridized carbons (Fsp3) is 0.250. The van der Waals surface area contributed by atoms with Crippen LogP contribution in [0.15, 0.2) is 12.7 Å². The molecule has 0 aliphatic carbocycles. The third-order valence-electron chi connectivity index (χ3n) is 0.282. The molecule has 0 aliphatic rings. The Balaban J connectivity index is 2.66. The van der Waals surface area contributed by atoms with E-state index >= 15 is 0 Å². The first-order valence-corrected chi connectivity index (χ1v) is 1.58. The zero-order valence-electron chi connectivity index (χ0n) is 3.39. The van der Waals surface area contributed by atoms with Crippen LogP contribution in [0.3, 0.4) is 0 Å². The second-order valence-corrected chi connectivity index (χ2v) is 0.718. The van der Waals surface area contributed by atoms with E-state index in [2.05, 4.69) is 11.3 Å². The van der Waals surface area contributed by atoms with E-state index in [-0.39, 0.29) is 0 Å². The van der Waals surface area contributed by atoms with Crippen molar-refractivity contribution in [2.24, 2.45) is 0 Å². The van der Waals surface area contributed by atoms with E-state index < -0.39 is 0 Å². The van der Waals surface area contributed by atoms with Gasteiger partial charge in [-0.1, -0.05) is 12.7 Å². The molecule has 0 aromatic rings. The maximum atomic E-state index is 9.29. The highest BCUT2D eigenvalue weighted by Crippen LogP contribution is 1.62. The van der Waals surface area contributed by atoms with Gasteiger partial charge in [-0.25, -0.2) is 0 Å². The quantitative estimate of drug-likeness (QED) is 0.282. The second kappa shape index (κ2) is 4.21. The molecular weight excluding hydrogens is 82.0 g/mol. The second-order valence-electron chi connectivity index (χ2n) is 0.718. The van der Waals surface area contributed by atoms with E-state index in [0.29, 0.717) is 13.1 Å². The van der Waals surface area contributed by atoms with Gasteiger partial charge in [0.2, 0.25) is 0 Å². The third-order valence-corrected chi connectivity index (χ3v) is 0.282. The van der Waals surface area contributed by atoms with Gasteiger partial charge < -0.3 is 4.74 Å². The molecule has 0 bridgehead atoms. The van der Waals surface area contributed by atoms with Crippen molar-refractivity contribution < 1.29 is 9.53 Å². The number of hydrogen-bond acceptors (Lipinski definition) is 2. The van der Waals surface area contributed by atoms with E-state index in [0.717, 1.165) is 0 Å². The summed E-state index contributed by atoms with van der Waals surface area (Å²) >= 11 is 0. The Morgan fingerprint density at radius 1 is 2.00 bits per heavy atom. The monoisotopic (exact) mass is 88.0 g/mol. The van der Waals surface area contributed by atoms with Gasteiger partial charge in [-0.15, -0.1) is 0 Å². The molecule has 0 saturated heterocycles. The summed E-state index contributed by atoms with van der Waals surface area (Å²) in [6.07, 6.45) is 1.51. The highest BCUT2D eigenvalue weighted by atomic mass is 16.7. The largest absolute Gasteiger partial charge is 0.464 e. The maximum Gasteiger partial charge on any atom is 0.293 e. The molecule has 2 heteroatoms. The summed E-state index contributed by atoms with van der Waals surface area (Å²) < 4.78 is 4.18. The molecule has 0 aliphatic heterocycles. The van der Waals surface area contributed by atoms with E-state index in [9.17, 15) is 4.79 Å². The van der Waals surface area contributed by atoms with Crippen molar-refractivity contribution in [3.63, 3.8) is 0 Å². The summed E-state index contributed by atoms with van der Waals surface area (Å²) in [5.41, 5.74) is 0. The zero-order chi connectivity index (χ0) is 4.83. The van der Waals surface area contributed by atoms with Crippen molar-refractivity contribution in [2.45, 2.75) is 0 Å². The minimum Gasteiger partial charge on any atom is -0.464 e. The molecule has 0 saturated carbocycles. The molecule has 6 heavy (non-hydrogen) atoms. The summed E-state index contributed by atoms with van der Waals surface area (Å²) in [5, 5.41) is 0. The van der Waals surface area contributed by atoms with Crippen LogP contribution in [0.2, 0.25) is 0 Å². The lowest BCUT2D eigenvalue weighted by Crippen LogP contribution is -1.83. The Hall–Kier alpha value is -0.790. The molecule has 2 nitrogen and oxygen atoms in total. The van der Waals surface area contributed by atoms with Crippen LogP contribution < -0.4 is 0 Å². The SMILES string of the molecule is C=CCO[14CH]=O. The smallest absolute Gasteiger partial charge is 0.293 e. The number of carbonyl (C=O) groups excluding carboxylic acids is 1. The summed E-state index contributed by atoms with van der Waals surface area (Å²) in [6.45, 7) is 4.01. The predicted octanol–water partition coefficient (Wildman–Crippen LogP) is 0.345. The Morgan fingerprint density at radius 2 is 2.67 bits per heavy atom. The molecule has 0 unspecified atom stereocenters. The predicted molar refractivity (Wildman–Crippen MR) is 22.2 cm³/mol. The van der Waals surface area contributed by atoms with Gasteiger partial charge in [0.1, 0.15) is 6.61 Å². The third kappa shape index (κ3) is 3.21. The number of ether oxygens (including phenoxy) is 1. The fourth-order valence-electron chi connectivity index (χ4n) is 0.107. The fourth-order valence-corrected chi connectivity index (χ4v) is 0.107. The molecular formula is C4H6O2. The number of carbonyl (C=O) groups is 1. The molecule has 0 spiro atoms. The van der Waals surface area contributed by atoms with Crippen molar-refractivity contribution >= 4 is 6.47 Å². The minimum absolute atomic E-state index is 0.309. The van der Waals surface area contributed by atoms with Crippen molar-refractivity contribution in [1.82, 2.24) is 0 Å². The van der Waals surface area contributed by atoms with Gasteiger partial charge in [0.05, 0.1) is 0 Å². The van der Waals surface area contributed by atoms with Gasteiger partial charge in [-0.2, -0.15) is 0 Å². The van der Waals surface area contributed by atoms with Gasteiger partial charge in [0.25, 0.3) is 6.47 Å². The lowest BCUT2D eigenvalue weighted by atomic mass is 10.7. The van der Waals surface area contributed by atoms with Gasteiger partial charge >= 0.3 is 0 Å². The van der Waals surface area contributed by atoms with Crippen LogP contribution in [0.5, 0.6) is 0 Å². The van der Waals surface area contributed by atoms with E-state index in [1.165, 1.54) is 6.08 Å². The summed E-state index contributed by atoms with van der Waals surface area (Å²) in [6, 6.07) is 0. The van der Waals surface area contributed by atoms with Crippen molar-refractivity contribution in [2.75, 3.05) is 6.61 Å². The summed E-state index contributed by atoms with van der Waals surface area (Å²) in [5.74, 6) is 0. The topological polar surface area (TPSA) is 26.3 Å². The van der Waals surface area contributed by atoms with Crippen molar-refractivity contribution in [3.8, 4) is 0 Å². The molecule has 0 radical (unpaired) electrons. The minimum atomic E-state index is 0.309. The molecule has 0 aromatic carbocycles. The van der Waals surface area contributed by atoms with Crippen molar-refractivity contribution in [3.05, 3.63) is 12.7 Å². The maximum absolute atomic E-state index is 9.29. The van der Waals surface area contributed by atoms with Crippen LogP contribution in [0.1, 0.15) is 0 Å². The Morgan fingerprint density at radius 3 is 2.83 bits per heavy atom. The van der Waals surface area contributed by atoms with E-state index in [4.69, 9.17) is 0 Å². The molecule has 0 atom stereocenters. The first kappa shape index (κ1) is 5.21. The number of rotatable bonds is 3. The standard InChI is InChI=1S/C4H6O2/c1-2-3-6-4-5/h2,4H,1,3H2/i4+2. The van der Waals surface area contributed by atoms with Crippen LogP contribution >= 0.6 is 0 Å². The van der Waals surface area contributed by atoms with Gasteiger partial charge in [-0.3, -0.25) is 4.79 Å². The Labute approximate surface area is 36.4 Å². The highest BCUT2D eigenvalue weighted by molar-refractivity contribution is 5.37. The zero-order valence-corrected chi connectivity index (χ0v) is 3.39. The first-order chi connectivity index (χ1) is 2.91. The Kier molecular flexibility index (Phi) is 3.66. The molecule has 0 rings (SSSR count).